The number of carbonyl (C=O) groups excluding carboxylic acids is 1. The molecule has 0 aromatic heterocycles. The second-order valence-electron chi connectivity index (χ2n) is 5.70. The molecule has 0 saturated carbocycles. The summed E-state index contributed by atoms with van der Waals surface area (Å²) >= 11 is 12.0. The van der Waals surface area contributed by atoms with Gasteiger partial charge in [0.05, 0.1) is 17.2 Å². The maximum atomic E-state index is 12.6. The standard InChI is InChI=1S/C16H21Cl2NO2/c1-10-6-7-19(9-15(10)21-3)11(2)16(20)13-5-4-12(17)8-14(13)18/h4-5,8,10-11,15H,6-7,9H2,1-3H3. The summed E-state index contributed by atoms with van der Waals surface area (Å²) in [5.41, 5.74) is 0.529. The lowest BCUT2D eigenvalue weighted by atomic mass is 9.93. The van der Waals surface area contributed by atoms with Gasteiger partial charge in [0.2, 0.25) is 0 Å². The van der Waals surface area contributed by atoms with E-state index in [-0.39, 0.29) is 17.9 Å². The summed E-state index contributed by atoms with van der Waals surface area (Å²) in [4.78, 5) is 14.8. The highest BCUT2D eigenvalue weighted by atomic mass is 35.5. The Morgan fingerprint density at radius 3 is 2.76 bits per heavy atom. The topological polar surface area (TPSA) is 29.5 Å². The van der Waals surface area contributed by atoms with Crippen LogP contribution in [-0.2, 0) is 4.74 Å². The fourth-order valence-corrected chi connectivity index (χ4v) is 3.30. The van der Waals surface area contributed by atoms with Crippen molar-refractivity contribution in [3.63, 3.8) is 0 Å². The Kier molecular flexibility index (Phi) is 5.67. The predicted octanol–water partition coefficient (Wildman–Crippen LogP) is 3.92. The van der Waals surface area contributed by atoms with Gasteiger partial charge in [-0.3, -0.25) is 9.69 Å². The second kappa shape index (κ2) is 7.10. The van der Waals surface area contributed by atoms with Crippen LogP contribution in [0, 0.1) is 5.92 Å². The van der Waals surface area contributed by atoms with Crippen LogP contribution in [0.5, 0.6) is 0 Å². The minimum atomic E-state index is -0.214. The lowest BCUT2D eigenvalue weighted by Gasteiger charge is -2.39. The first-order valence-corrected chi connectivity index (χ1v) is 7.95. The Morgan fingerprint density at radius 2 is 2.14 bits per heavy atom. The van der Waals surface area contributed by atoms with Crippen molar-refractivity contribution in [3.8, 4) is 0 Å². The SMILES string of the molecule is COC1CN(C(C)C(=O)c2ccc(Cl)cc2Cl)CCC1C. The lowest BCUT2D eigenvalue weighted by molar-refractivity contribution is -0.0139. The van der Waals surface area contributed by atoms with Crippen LogP contribution in [0.1, 0.15) is 30.6 Å². The van der Waals surface area contributed by atoms with Crippen LogP contribution in [0.3, 0.4) is 0 Å². The number of Topliss-reactive ketones (excluding diaryl/α,β-unsaturated/α-hetero) is 1. The van der Waals surface area contributed by atoms with Gasteiger partial charge in [-0.05, 0) is 44.0 Å². The fraction of sp³-hybridized carbons (Fsp3) is 0.562. The van der Waals surface area contributed by atoms with Crippen molar-refractivity contribution < 1.29 is 9.53 Å². The molecule has 1 aromatic rings. The number of ketones is 1. The molecule has 1 heterocycles. The smallest absolute Gasteiger partial charge is 0.181 e. The molecule has 0 bridgehead atoms. The number of ether oxygens (including phenoxy) is 1. The molecule has 3 atom stereocenters. The summed E-state index contributed by atoms with van der Waals surface area (Å²) in [6, 6.07) is 4.79. The van der Waals surface area contributed by atoms with Crippen molar-refractivity contribution in [1.82, 2.24) is 4.90 Å². The monoisotopic (exact) mass is 329 g/mol. The molecule has 3 nitrogen and oxygen atoms in total. The van der Waals surface area contributed by atoms with Crippen molar-refractivity contribution in [3.05, 3.63) is 33.8 Å². The summed E-state index contributed by atoms with van der Waals surface area (Å²) in [5.74, 6) is 0.550. The van der Waals surface area contributed by atoms with Crippen LogP contribution in [0.25, 0.3) is 0 Å². The molecule has 0 amide bonds. The quantitative estimate of drug-likeness (QED) is 0.784. The van der Waals surface area contributed by atoms with Crippen LogP contribution >= 0.6 is 23.2 Å². The number of methoxy groups -OCH3 is 1. The predicted molar refractivity (Wildman–Crippen MR) is 86.4 cm³/mol. The molecule has 1 saturated heterocycles. The van der Waals surface area contributed by atoms with Gasteiger partial charge < -0.3 is 4.74 Å². The number of carbonyl (C=O) groups is 1. The molecule has 3 unspecified atom stereocenters. The number of nitrogens with zero attached hydrogens (tertiary/aromatic N) is 1. The van der Waals surface area contributed by atoms with Gasteiger partial charge >= 0.3 is 0 Å². The normalized spacial score (nSPS) is 24.8. The maximum Gasteiger partial charge on any atom is 0.181 e. The van der Waals surface area contributed by atoms with E-state index in [1.807, 2.05) is 6.92 Å². The Labute approximate surface area is 136 Å². The van der Waals surface area contributed by atoms with Gasteiger partial charge in [0, 0.05) is 24.2 Å². The number of halogens is 2. The zero-order chi connectivity index (χ0) is 15.6. The highest BCUT2D eigenvalue weighted by molar-refractivity contribution is 6.37. The van der Waals surface area contributed by atoms with E-state index in [4.69, 9.17) is 27.9 Å². The Morgan fingerprint density at radius 1 is 1.43 bits per heavy atom. The van der Waals surface area contributed by atoms with Crippen LogP contribution < -0.4 is 0 Å². The van der Waals surface area contributed by atoms with Gasteiger partial charge in [-0.25, -0.2) is 0 Å². The van der Waals surface area contributed by atoms with E-state index in [2.05, 4.69) is 11.8 Å². The molecule has 0 N–H and O–H groups in total. The average Bonchev–Trinajstić information content (AvgIpc) is 2.46. The van der Waals surface area contributed by atoms with Crippen LogP contribution in [-0.4, -0.2) is 43.0 Å². The molecule has 1 aliphatic heterocycles. The van der Waals surface area contributed by atoms with Crippen molar-refractivity contribution in [2.24, 2.45) is 5.92 Å². The maximum absolute atomic E-state index is 12.6. The fourth-order valence-electron chi connectivity index (χ4n) is 2.80. The minimum absolute atomic E-state index is 0.0288. The summed E-state index contributed by atoms with van der Waals surface area (Å²) in [7, 11) is 1.73. The zero-order valence-corrected chi connectivity index (χ0v) is 14.1. The molecule has 5 heteroatoms. The number of likely N-dealkylation sites (tertiary alicyclic amines) is 1. The number of piperidine rings is 1. The number of hydrogen-bond acceptors (Lipinski definition) is 3. The van der Waals surface area contributed by atoms with Gasteiger partial charge in [-0.1, -0.05) is 30.1 Å². The first-order valence-electron chi connectivity index (χ1n) is 7.20. The number of hydrogen-bond donors (Lipinski definition) is 0. The molecule has 0 spiro atoms. The Hall–Kier alpha value is -0.610. The summed E-state index contributed by atoms with van der Waals surface area (Å²) in [6.07, 6.45) is 1.21. The highest BCUT2D eigenvalue weighted by Crippen LogP contribution is 2.26. The van der Waals surface area contributed by atoms with E-state index in [1.165, 1.54) is 0 Å². The highest BCUT2D eigenvalue weighted by Gasteiger charge is 2.32. The minimum Gasteiger partial charge on any atom is -0.380 e. The van der Waals surface area contributed by atoms with Crippen LogP contribution in [0.4, 0.5) is 0 Å². The third-order valence-corrected chi connectivity index (χ3v) is 4.90. The zero-order valence-electron chi connectivity index (χ0n) is 12.6. The van der Waals surface area contributed by atoms with E-state index in [9.17, 15) is 4.79 Å². The molecule has 1 aliphatic rings. The van der Waals surface area contributed by atoms with Gasteiger partial charge in [-0.2, -0.15) is 0 Å². The van der Waals surface area contributed by atoms with E-state index in [1.54, 1.807) is 25.3 Å². The van der Waals surface area contributed by atoms with Crippen LogP contribution in [0.15, 0.2) is 18.2 Å². The molecule has 21 heavy (non-hydrogen) atoms. The molecule has 1 aromatic carbocycles. The van der Waals surface area contributed by atoms with Gasteiger partial charge in [-0.15, -0.1) is 0 Å². The molecule has 2 rings (SSSR count). The summed E-state index contributed by atoms with van der Waals surface area (Å²) in [5, 5.41) is 0.948. The third-order valence-electron chi connectivity index (χ3n) is 4.35. The molecule has 0 aliphatic carbocycles. The molecular weight excluding hydrogens is 309 g/mol. The van der Waals surface area contributed by atoms with Crippen molar-refractivity contribution >= 4 is 29.0 Å². The van der Waals surface area contributed by atoms with Gasteiger partial charge in [0.15, 0.2) is 5.78 Å². The average molecular weight is 330 g/mol. The van der Waals surface area contributed by atoms with E-state index >= 15 is 0 Å². The molecule has 0 radical (unpaired) electrons. The number of rotatable bonds is 4. The molecular formula is C16H21Cl2NO2. The first kappa shape index (κ1) is 16.8. The van der Waals surface area contributed by atoms with Crippen LogP contribution in [0.2, 0.25) is 10.0 Å². The van der Waals surface area contributed by atoms with Gasteiger partial charge in [0.1, 0.15) is 0 Å². The van der Waals surface area contributed by atoms with E-state index in [0.717, 1.165) is 19.5 Å². The first-order chi connectivity index (χ1) is 9.93. The summed E-state index contributed by atoms with van der Waals surface area (Å²) in [6.45, 7) is 5.79. The lowest BCUT2D eigenvalue weighted by Crippen LogP contribution is -2.50. The Balaban J connectivity index is 2.12. The molecule has 1 fully saturated rings. The second-order valence-corrected chi connectivity index (χ2v) is 6.54. The third kappa shape index (κ3) is 3.78. The van der Waals surface area contributed by atoms with Crippen molar-refractivity contribution in [1.29, 1.82) is 0 Å². The van der Waals surface area contributed by atoms with Crippen molar-refractivity contribution in [2.75, 3.05) is 20.2 Å². The Bertz CT molecular complexity index is 521. The summed E-state index contributed by atoms with van der Waals surface area (Å²) < 4.78 is 5.51. The molecule has 116 valence electrons. The van der Waals surface area contributed by atoms with Crippen molar-refractivity contribution in [2.45, 2.75) is 32.4 Å². The number of benzene rings is 1. The van der Waals surface area contributed by atoms with E-state index in [0.29, 0.717) is 21.5 Å². The largest absolute Gasteiger partial charge is 0.380 e. The van der Waals surface area contributed by atoms with Gasteiger partial charge in [0.25, 0.3) is 0 Å². The van der Waals surface area contributed by atoms with E-state index < -0.39 is 0 Å².